The van der Waals surface area contributed by atoms with E-state index in [4.69, 9.17) is 4.74 Å². The highest BCUT2D eigenvalue weighted by atomic mass is 79.9. The van der Waals surface area contributed by atoms with Crippen LogP contribution in [-0.4, -0.2) is 28.5 Å². The lowest BCUT2D eigenvalue weighted by molar-refractivity contribution is -0.127. The number of hydrogen-bond acceptors (Lipinski definition) is 5. The number of imide groups is 1. The summed E-state index contributed by atoms with van der Waals surface area (Å²) < 4.78 is 19.8. The monoisotopic (exact) mass is 540 g/mol. The van der Waals surface area contributed by atoms with Gasteiger partial charge in [0.25, 0.3) is 11.1 Å². The minimum absolute atomic E-state index is 0.183. The van der Waals surface area contributed by atoms with Crippen LogP contribution >= 0.6 is 27.7 Å². The first-order valence-electron chi connectivity index (χ1n) is 10.2. The molecule has 1 aliphatic heterocycles. The van der Waals surface area contributed by atoms with Crippen molar-refractivity contribution in [3.05, 3.63) is 99.1 Å². The first kappa shape index (κ1) is 23.7. The highest BCUT2D eigenvalue weighted by Crippen LogP contribution is 2.35. The van der Waals surface area contributed by atoms with Crippen molar-refractivity contribution in [2.24, 2.45) is 0 Å². The van der Waals surface area contributed by atoms with Crippen molar-refractivity contribution >= 4 is 56.5 Å². The van der Waals surface area contributed by atoms with E-state index in [2.05, 4.69) is 21.2 Å². The normalized spacial score (nSPS) is 14.5. The molecule has 0 aromatic heterocycles. The Morgan fingerprint density at radius 2 is 1.79 bits per heavy atom. The predicted molar refractivity (Wildman–Crippen MR) is 133 cm³/mol. The predicted octanol–water partition coefficient (Wildman–Crippen LogP) is 5.84. The first-order chi connectivity index (χ1) is 16.4. The average molecular weight is 541 g/mol. The fraction of sp³-hybridized carbons (Fsp3) is 0.0800. The summed E-state index contributed by atoms with van der Waals surface area (Å²) in [5.74, 6) is -1.02. The Balaban J connectivity index is 1.47. The first-order valence-corrected chi connectivity index (χ1v) is 11.8. The van der Waals surface area contributed by atoms with Crippen LogP contribution in [0.4, 0.5) is 14.9 Å². The van der Waals surface area contributed by atoms with Crippen LogP contribution in [0, 0.1) is 5.82 Å². The number of benzene rings is 3. The molecule has 9 heteroatoms. The van der Waals surface area contributed by atoms with Crippen molar-refractivity contribution < 1.29 is 23.5 Å². The maximum Gasteiger partial charge on any atom is 0.294 e. The molecule has 0 aliphatic carbocycles. The number of thioether (sulfide) groups is 1. The Morgan fingerprint density at radius 3 is 2.53 bits per heavy atom. The van der Waals surface area contributed by atoms with Gasteiger partial charge >= 0.3 is 0 Å². The highest BCUT2D eigenvalue weighted by Gasteiger charge is 2.36. The number of ether oxygens (including phenoxy) is 1. The van der Waals surface area contributed by atoms with Crippen LogP contribution in [0.1, 0.15) is 11.1 Å². The lowest BCUT2D eigenvalue weighted by Gasteiger charge is -2.12. The summed E-state index contributed by atoms with van der Waals surface area (Å²) in [4.78, 5) is 38.7. The van der Waals surface area contributed by atoms with Gasteiger partial charge in [-0.15, -0.1) is 0 Å². The molecule has 0 saturated carbocycles. The quantitative estimate of drug-likeness (QED) is 0.381. The van der Waals surface area contributed by atoms with Gasteiger partial charge in [0.05, 0.1) is 4.91 Å². The van der Waals surface area contributed by atoms with Crippen LogP contribution in [0.15, 0.2) is 82.2 Å². The van der Waals surface area contributed by atoms with Crippen molar-refractivity contribution in [3.63, 3.8) is 0 Å². The standard InChI is InChI=1S/C25H18BrFN2O4S/c26-18-6-11-21(33-15-16-4-2-1-3-5-16)17(12-18)13-22-24(31)29(25(32)34-22)14-23(30)28-20-9-7-19(27)8-10-20/h1-13H,14-15H2,(H,28,30)/b22-13-. The van der Waals surface area contributed by atoms with E-state index in [9.17, 15) is 18.8 Å². The third kappa shape index (κ3) is 5.92. The van der Waals surface area contributed by atoms with Crippen LogP contribution in [0.5, 0.6) is 5.75 Å². The second-order valence-electron chi connectivity index (χ2n) is 7.28. The van der Waals surface area contributed by atoms with Gasteiger partial charge in [0.1, 0.15) is 24.7 Å². The summed E-state index contributed by atoms with van der Waals surface area (Å²) in [6.45, 7) is -0.108. The van der Waals surface area contributed by atoms with Gasteiger partial charge in [-0.05, 0) is 65.9 Å². The largest absolute Gasteiger partial charge is 0.488 e. The molecule has 4 rings (SSSR count). The number of hydrogen-bond donors (Lipinski definition) is 1. The Morgan fingerprint density at radius 1 is 1.06 bits per heavy atom. The van der Waals surface area contributed by atoms with Crippen LogP contribution in [0.3, 0.4) is 0 Å². The number of amides is 3. The van der Waals surface area contributed by atoms with Gasteiger partial charge in [0.2, 0.25) is 5.91 Å². The van der Waals surface area contributed by atoms with Gasteiger partial charge in [0.15, 0.2) is 0 Å². The van der Waals surface area contributed by atoms with Crippen LogP contribution in [0.25, 0.3) is 6.08 Å². The number of carbonyl (C=O) groups excluding carboxylic acids is 3. The SMILES string of the molecule is O=C(CN1C(=O)S/C(=C\c2cc(Br)ccc2OCc2ccccc2)C1=O)Nc1ccc(F)cc1. The molecule has 0 atom stereocenters. The number of nitrogens with zero attached hydrogens (tertiary/aromatic N) is 1. The molecule has 34 heavy (non-hydrogen) atoms. The highest BCUT2D eigenvalue weighted by molar-refractivity contribution is 9.10. The molecule has 0 bridgehead atoms. The molecule has 0 radical (unpaired) electrons. The summed E-state index contributed by atoms with van der Waals surface area (Å²) in [5.41, 5.74) is 1.97. The second kappa shape index (κ2) is 10.7. The van der Waals surface area contributed by atoms with Crippen LogP contribution in [-0.2, 0) is 16.2 Å². The van der Waals surface area contributed by atoms with Crippen molar-refractivity contribution in [1.82, 2.24) is 4.90 Å². The molecule has 0 unspecified atom stereocenters. The van der Waals surface area contributed by atoms with E-state index >= 15 is 0 Å². The van der Waals surface area contributed by atoms with E-state index in [-0.39, 0.29) is 4.91 Å². The molecular formula is C25H18BrFN2O4S. The summed E-state index contributed by atoms with van der Waals surface area (Å²) in [6.07, 6.45) is 1.58. The van der Waals surface area contributed by atoms with Crippen LogP contribution in [0.2, 0.25) is 0 Å². The Bertz CT molecular complexity index is 1270. The third-order valence-corrected chi connectivity index (χ3v) is 6.20. The molecule has 3 amide bonds. The second-order valence-corrected chi connectivity index (χ2v) is 9.19. The summed E-state index contributed by atoms with van der Waals surface area (Å²) in [6, 6.07) is 20.2. The lowest BCUT2D eigenvalue weighted by atomic mass is 10.1. The minimum atomic E-state index is -0.571. The molecule has 0 spiro atoms. The fourth-order valence-corrected chi connectivity index (χ4v) is 4.36. The average Bonchev–Trinajstić information content (AvgIpc) is 3.08. The summed E-state index contributed by atoms with van der Waals surface area (Å²) in [7, 11) is 0. The number of rotatable bonds is 7. The van der Waals surface area contributed by atoms with Crippen molar-refractivity contribution in [2.75, 3.05) is 11.9 Å². The van der Waals surface area contributed by atoms with E-state index in [1.807, 2.05) is 36.4 Å². The van der Waals surface area contributed by atoms with Crippen molar-refractivity contribution in [3.8, 4) is 5.75 Å². The summed E-state index contributed by atoms with van der Waals surface area (Å²) >= 11 is 4.17. The van der Waals surface area contributed by atoms with Crippen molar-refractivity contribution in [2.45, 2.75) is 6.61 Å². The molecule has 1 heterocycles. The number of nitrogens with one attached hydrogen (secondary N) is 1. The topological polar surface area (TPSA) is 75.7 Å². The van der Waals surface area contributed by atoms with Gasteiger partial charge in [-0.3, -0.25) is 19.3 Å². The van der Waals surface area contributed by atoms with E-state index in [1.54, 1.807) is 18.2 Å². The molecule has 3 aromatic carbocycles. The van der Waals surface area contributed by atoms with Gasteiger partial charge in [-0.2, -0.15) is 0 Å². The van der Waals surface area contributed by atoms with Gasteiger partial charge in [0, 0.05) is 15.7 Å². The maximum absolute atomic E-state index is 13.0. The maximum atomic E-state index is 13.0. The van der Waals surface area contributed by atoms with Gasteiger partial charge in [-0.1, -0.05) is 46.3 Å². The number of halogens is 2. The fourth-order valence-electron chi connectivity index (χ4n) is 3.15. The summed E-state index contributed by atoms with van der Waals surface area (Å²) in [5, 5.41) is 2.00. The zero-order valence-corrected chi connectivity index (χ0v) is 20.1. The minimum Gasteiger partial charge on any atom is -0.488 e. The molecule has 1 fully saturated rings. The zero-order chi connectivity index (χ0) is 24.1. The van der Waals surface area contributed by atoms with E-state index in [0.717, 1.165) is 26.7 Å². The van der Waals surface area contributed by atoms with Crippen molar-refractivity contribution in [1.29, 1.82) is 0 Å². The smallest absolute Gasteiger partial charge is 0.294 e. The molecular weight excluding hydrogens is 523 g/mol. The number of anilines is 1. The lowest BCUT2D eigenvalue weighted by Crippen LogP contribution is -2.36. The van der Waals surface area contributed by atoms with Crippen LogP contribution < -0.4 is 10.1 Å². The molecule has 1 aliphatic rings. The Labute approximate surface area is 207 Å². The molecule has 172 valence electrons. The molecule has 3 aromatic rings. The Hall–Kier alpha value is -3.43. The molecule has 1 N–H and O–H groups in total. The van der Waals surface area contributed by atoms with E-state index < -0.39 is 29.4 Å². The Kier molecular flexibility index (Phi) is 7.44. The van der Waals surface area contributed by atoms with Gasteiger partial charge < -0.3 is 10.1 Å². The molecule has 1 saturated heterocycles. The van der Waals surface area contributed by atoms with Gasteiger partial charge in [-0.25, -0.2) is 4.39 Å². The number of carbonyl (C=O) groups is 3. The molecule has 6 nitrogen and oxygen atoms in total. The van der Waals surface area contributed by atoms with E-state index in [0.29, 0.717) is 23.6 Å². The zero-order valence-electron chi connectivity index (χ0n) is 17.7. The third-order valence-electron chi connectivity index (χ3n) is 4.80. The van der Waals surface area contributed by atoms with E-state index in [1.165, 1.54) is 24.3 Å².